The van der Waals surface area contributed by atoms with Gasteiger partial charge in [-0.2, -0.15) is 5.10 Å². The van der Waals surface area contributed by atoms with Gasteiger partial charge in [0.1, 0.15) is 5.75 Å². The SMILES string of the molecule is Cc1cc(C)c(/C=N/NC(=O)COc2ccc(-c3ccccc3)cc2)c(C)c1. The zero-order valence-electron chi connectivity index (χ0n) is 16.4. The molecule has 4 nitrogen and oxygen atoms in total. The fourth-order valence-electron chi connectivity index (χ4n) is 3.12. The summed E-state index contributed by atoms with van der Waals surface area (Å²) in [5, 5.41) is 4.05. The largest absolute Gasteiger partial charge is 0.484 e. The van der Waals surface area contributed by atoms with Crippen molar-refractivity contribution >= 4 is 12.1 Å². The van der Waals surface area contributed by atoms with Crippen LogP contribution in [0.2, 0.25) is 0 Å². The highest BCUT2D eigenvalue weighted by atomic mass is 16.5. The number of hydrogen-bond donors (Lipinski definition) is 1. The van der Waals surface area contributed by atoms with Gasteiger partial charge in [-0.3, -0.25) is 4.79 Å². The predicted molar refractivity (Wildman–Crippen MR) is 114 cm³/mol. The van der Waals surface area contributed by atoms with Crippen LogP contribution >= 0.6 is 0 Å². The molecule has 4 heteroatoms. The van der Waals surface area contributed by atoms with E-state index in [0.717, 1.165) is 27.8 Å². The standard InChI is InChI=1S/C24H24N2O2/c1-17-13-18(2)23(19(3)14-17)15-25-26-24(27)16-28-22-11-9-21(10-12-22)20-7-5-4-6-8-20/h4-15H,16H2,1-3H3,(H,26,27)/b25-15+. The van der Waals surface area contributed by atoms with Gasteiger partial charge in [0.15, 0.2) is 6.61 Å². The molecule has 3 aromatic carbocycles. The van der Waals surface area contributed by atoms with Crippen LogP contribution in [-0.2, 0) is 4.79 Å². The first-order chi connectivity index (χ1) is 13.5. The monoisotopic (exact) mass is 372 g/mol. The van der Waals surface area contributed by atoms with Crippen molar-refractivity contribution < 1.29 is 9.53 Å². The van der Waals surface area contributed by atoms with Gasteiger partial charge in [0.2, 0.25) is 0 Å². The summed E-state index contributed by atoms with van der Waals surface area (Å²) in [6.45, 7) is 6.04. The number of aryl methyl sites for hydroxylation is 3. The van der Waals surface area contributed by atoms with Gasteiger partial charge in [-0.05, 0) is 55.2 Å². The van der Waals surface area contributed by atoms with E-state index in [1.54, 1.807) is 6.21 Å². The summed E-state index contributed by atoms with van der Waals surface area (Å²) >= 11 is 0. The Kier molecular flexibility index (Phi) is 6.22. The Bertz CT molecular complexity index is 954. The van der Waals surface area contributed by atoms with Crippen molar-refractivity contribution in [3.05, 3.63) is 89.0 Å². The summed E-state index contributed by atoms with van der Waals surface area (Å²) in [5.41, 5.74) is 9.25. The first-order valence-electron chi connectivity index (χ1n) is 9.21. The smallest absolute Gasteiger partial charge is 0.277 e. The summed E-state index contributed by atoms with van der Waals surface area (Å²) in [5.74, 6) is 0.342. The number of hydrazone groups is 1. The third-order valence-electron chi connectivity index (χ3n) is 4.45. The topological polar surface area (TPSA) is 50.7 Å². The van der Waals surface area contributed by atoms with Crippen LogP contribution in [-0.4, -0.2) is 18.7 Å². The van der Waals surface area contributed by atoms with E-state index in [2.05, 4.69) is 41.7 Å². The fourth-order valence-corrected chi connectivity index (χ4v) is 3.12. The molecule has 0 heterocycles. The third-order valence-corrected chi connectivity index (χ3v) is 4.45. The van der Waals surface area contributed by atoms with Crippen molar-refractivity contribution in [2.24, 2.45) is 5.10 Å². The summed E-state index contributed by atoms with van der Waals surface area (Å²) in [4.78, 5) is 12.0. The maximum Gasteiger partial charge on any atom is 0.277 e. The Morgan fingerprint density at radius 2 is 1.54 bits per heavy atom. The van der Waals surface area contributed by atoms with Crippen LogP contribution in [0, 0.1) is 20.8 Å². The molecule has 142 valence electrons. The first-order valence-corrected chi connectivity index (χ1v) is 9.21. The lowest BCUT2D eigenvalue weighted by Crippen LogP contribution is -2.24. The van der Waals surface area contributed by atoms with Crippen molar-refractivity contribution in [2.45, 2.75) is 20.8 Å². The lowest BCUT2D eigenvalue weighted by molar-refractivity contribution is -0.123. The molecule has 0 bridgehead atoms. The van der Waals surface area contributed by atoms with Gasteiger partial charge in [-0.25, -0.2) is 5.43 Å². The lowest BCUT2D eigenvalue weighted by Gasteiger charge is -2.08. The average molecular weight is 372 g/mol. The maximum absolute atomic E-state index is 12.0. The highest BCUT2D eigenvalue weighted by Crippen LogP contribution is 2.22. The molecule has 0 saturated carbocycles. The molecule has 1 N–H and O–H groups in total. The summed E-state index contributed by atoms with van der Waals surface area (Å²) in [6.07, 6.45) is 1.68. The quantitative estimate of drug-likeness (QED) is 0.499. The minimum atomic E-state index is -0.300. The Hall–Kier alpha value is -3.40. The Morgan fingerprint density at radius 1 is 0.929 bits per heavy atom. The van der Waals surface area contributed by atoms with E-state index in [1.807, 2.05) is 56.3 Å². The van der Waals surface area contributed by atoms with Gasteiger partial charge < -0.3 is 4.74 Å². The number of nitrogens with zero attached hydrogens (tertiary/aromatic N) is 1. The molecule has 0 aromatic heterocycles. The van der Waals surface area contributed by atoms with E-state index in [-0.39, 0.29) is 12.5 Å². The molecule has 0 radical (unpaired) electrons. The number of benzene rings is 3. The van der Waals surface area contributed by atoms with Crippen LogP contribution in [0.3, 0.4) is 0 Å². The highest BCUT2D eigenvalue weighted by Gasteiger charge is 2.04. The minimum Gasteiger partial charge on any atom is -0.484 e. The minimum absolute atomic E-state index is 0.0894. The molecular weight excluding hydrogens is 348 g/mol. The molecule has 0 unspecified atom stereocenters. The van der Waals surface area contributed by atoms with Crippen molar-refractivity contribution in [3.8, 4) is 16.9 Å². The molecule has 0 fully saturated rings. The van der Waals surface area contributed by atoms with E-state index < -0.39 is 0 Å². The van der Waals surface area contributed by atoms with E-state index in [0.29, 0.717) is 5.75 Å². The van der Waals surface area contributed by atoms with Crippen molar-refractivity contribution in [3.63, 3.8) is 0 Å². The zero-order valence-corrected chi connectivity index (χ0v) is 16.4. The molecule has 0 aliphatic carbocycles. The number of carbonyl (C=O) groups excluding carboxylic acids is 1. The van der Waals surface area contributed by atoms with Crippen molar-refractivity contribution in [2.75, 3.05) is 6.61 Å². The van der Waals surface area contributed by atoms with Crippen molar-refractivity contribution in [1.82, 2.24) is 5.43 Å². The molecule has 1 amide bonds. The Labute approximate surface area is 165 Å². The average Bonchev–Trinajstić information content (AvgIpc) is 2.69. The third kappa shape index (κ3) is 5.07. The molecular formula is C24H24N2O2. The molecule has 0 aliphatic rings. The zero-order chi connectivity index (χ0) is 19.9. The molecule has 3 aromatic rings. The predicted octanol–water partition coefficient (Wildman–Crippen LogP) is 4.81. The van der Waals surface area contributed by atoms with Gasteiger partial charge in [0, 0.05) is 5.56 Å². The molecule has 3 rings (SSSR count). The Morgan fingerprint density at radius 3 is 2.18 bits per heavy atom. The van der Waals surface area contributed by atoms with Crippen molar-refractivity contribution in [1.29, 1.82) is 0 Å². The van der Waals surface area contributed by atoms with Crippen LogP contribution in [0.5, 0.6) is 5.75 Å². The van der Waals surface area contributed by atoms with Crippen LogP contribution < -0.4 is 10.2 Å². The maximum atomic E-state index is 12.0. The van der Waals surface area contributed by atoms with E-state index in [4.69, 9.17) is 4.74 Å². The normalized spacial score (nSPS) is 10.8. The Balaban J connectivity index is 1.52. The number of rotatable bonds is 6. The second kappa shape index (κ2) is 9.00. The molecule has 0 aliphatic heterocycles. The van der Waals surface area contributed by atoms with Gasteiger partial charge in [-0.1, -0.05) is 60.2 Å². The molecule has 0 atom stereocenters. The van der Waals surface area contributed by atoms with Crippen LogP contribution in [0.4, 0.5) is 0 Å². The second-order valence-electron chi connectivity index (χ2n) is 6.78. The van der Waals surface area contributed by atoms with Gasteiger partial charge in [0.05, 0.1) is 6.21 Å². The number of carbonyl (C=O) groups is 1. The molecule has 0 saturated heterocycles. The van der Waals surface area contributed by atoms with E-state index in [9.17, 15) is 4.79 Å². The molecule has 28 heavy (non-hydrogen) atoms. The summed E-state index contributed by atoms with van der Waals surface area (Å²) < 4.78 is 5.54. The number of ether oxygens (including phenoxy) is 1. The number of hydrogen-bond acceptors (Lipinski definition) is 3. The number of amides is 1. The van der Waals surface area contributed by atoms with Crippen LogP contribution in [0.15, 0.2) is 71.8 Å². The van der Waals surface area contributed by atoms with E-state index >= 15 is 0 Å². The highest BCUT2D eigenvalue weighted by molar-refractivity contribution is 5.85. The summed E-state index contributed by atoms with van der Waals surface area (Å²) in [7, 11) is 0. The van der Waals surface area contributed by atoms with Gasteiger partial charge in [-0.15, -0.1) is 0 Å². The summed E-state index contributed by atoms with van der Waals surface area (Å²) in [6, 6.07) is 22.0. The fraction of sp³-hybridized carbons (Fsp3) is 0.167. The number of nitrogens with one attached hydrogen (secondary N) is 1. The van der Waals surface area contributed by atoms with Gasteiger partial charge in [0.25, 0.3) is 5.91 Å². The lowest BCUT2D eigenvalue weighted by atomic mass is 10.0. The van der Waals surface area contributed by atoms with Gasteiger partial charge >= 0.3 is 0 Å². The van der Waals surface area contributed by atoms with Crippen LogP contribution in [0.1, 0.15) is 22.3 Å². The second-order valence-corrected chi connectivity index (χ2v) is 6.78. The molecule has 0 spiro atoms. The van der Waals surface area contributed by atoms with E-state index in [1.165, 1.54) is 5.56 Å². The first kappa shape index (κ1) is 19.4. The van der Waals surface area contributed by atoms with Crippen LogP contribution in [0.25, 0.3) is 11.1 Å².